The molecule has 0 aromatic rings. The summed E-state index contributed by atoms with van der Waals surface area (Å²) in [4.78, 5) is 4.35. The number of guanidine groups is 1. The average molecular weight is 464 g/mol. The van der Waals surface area contributed by atoms with Crippen molar-refractivity contribution in [2.45, 2.75) is 32.3 Å². The number of ether oxygens (including phenoxy) is 2. The van der Waals surface area contributed by atoms with Gasteiger partial charge in [0.2, 0.25) is 10.0 Å². The summed E-state index contributed by atoms with van der Waals surface area (Å²) in [7, 11) is -3.45. The van der Waals surface area contributed by atoms with Crippen LogP contribution in [-0.4, -0.2) is 65.7 Å². The fourth-order valence-electron chi connectivity index (χ4n) is 2.00. The summed E-state index contributed by atoms with van der Waals surface area (Å²) < 4.78 is 32.7. The van der Waals surface area contributed by atoms with Gasteiger partial charge >= 0.3 is 0 Å². The van der Waals surface area contributed by atoms with Gasteiger partial charge in [-0.25, -0.2) is 13.6 Å². The summed E-state index contributed by atoms with van der Waals surface area (Å²) in [5, 5.41) is 10.9. The summed E-state index contributed by atoms with van der Waals surface area (Å²) in [5.41, 5.74) is 0. The Balaban J connectivity index is 0.00000484. The summed E-state index contributed by atoms with van der Waals surface area (Å²) in [6.45, 7) is 5.62. The van der Waals surface area contributed by atoms with Gasteiger partial charge in [-0.2, -0.15) is 0 Å². The van der Waals surface area contributed by atoms with E-state index in [9.17, 15) is 8.42 Å². The number of nitrogens with two attached hydrogens (primary N) is 1. The fourth-order valence-corrected chi connectivity index (χ4v) is 2.39. The maximum absolute atomic E-state index is 10.9. The average Bonchev–Trinajstić information content (AvgIpc) is 2.94. The molecule has 1 unspecified atom stereocenters. The van der Waals surface area contributed by atoms with E-state index in [2.05, 4.69) is 15.6 Å². The van der Waals surface area contributed by atoms with Crippen LogP contribution >= 0.6 is 24.0 Å². The van der Waals surface area contributed by atoms with Crippen molar-refractivity contribution in [2.24, 2.45) is 10.1 Å². The molecular weight excluding hydrogens is 435 g/mol. The number of hydrogen-bond donors (Lipinski definition) is 3. The van der Waals surface area contributed by atoms with E-state index in [1.165, 1.54) is 0 Å². The van der Waals surface area contributed by atoms with Crippen LogP contribution in [0, 0.1) is 0 Å². The Bertz CT molecular complexity index is 428. The molecule has 10 heteroatoms. The molecule has 138 valence electrons. The largest absolute Gasteiger partial charge is 0.379 e. The van der Waals surface area contributed by atoms with Gasteiger partial charge in [-0.15, -0.1) is 24.0 Å². The van der Waals surface area contributed by atoms with Crippen LogP contribution in [0.15, 0.2) is 4.99 Å². The van der Waals surface area contributed by atoms with Crippen molar-refractivity contribution in [3.63, 3.8) is 0 Å². The van der Waals surface area contributed by atoms with Crippen LogP contribution in [0.1, 0.15) is 26.2 Å². The van der Waals surface area contributed by atoms with E-state index in [0.717, 1.165) is 25.9 Å². The van der Waals surface area contributed by atoms with Crippen LogP contribution in [0.4, 0.5) is 0 Å². The van der Waals surface area contributed by atoms with Crippen LogP contribution in [0.25, 0.3) is 0 Å². The van der Waals surface area contributed by atoms with Gasteiger partial charge in [0.25, 0.3) is 0 Å². The van der Waals surface area contributed by atoms with E-state index < -0.39 is 10.0 Å². The molecule has 0 aliphatic carbocycles. The lowest BCUT2D eigenvalue weighted by atomic mass is 10.2. The van der Waals surface area contributed by atoms with Crippen molar-refractivity contribution in [3.8, 4) is 0 Å². The monoisotopic (exact) mass is 464 g/mol. The van der Waals surface area contributed by atoms with Gasteiger partial charge in [0.05, 0.1) is 18.5 Å². The smallest absolute Gasteiger partial charge is 0.210 e. The lowest BCUT2D eigenvalue weighted by Gasteiger charge is -2.11. The van der Waals surface area contributed by atoms with E-state index in [1.807, 2.05) is 6.92 Å². The molecule has 8 nitrogen and oxygen atoms in total. The zero-order valence-corrected chi connectivity index (χ0v) is 16.8. The molecule has 0 radical (unpaired) electrons. The Morgan fingerprint density at radius 1 is 1.43 bits per heavy atom. The number of nitrogens with one attached hydrogen (secondary N) is 2. The second kappa shape index (κ2) is 13.2. The minimum absolute atomic E-state index is 0. The van der Waals surface area contributed by atoms with E-state index >= 15 is 0 Å². The van der Waals surface area contributed by atoms with Crippen molar-refractivity contribution in [1.29, 1.82) is 0 Å². The van der Waals surface area contributed by atoms with E-state index in [1.54, 1.807) is 0 Å². The van der Waals surface area contributed by atoms with Crippen molar-refractivity contribution >= 4 is 40.0 Å². The Kier molecular flexibility index (Phi) is 13.1. The number of rotatable bonds is 10. The third kappa shape index (κ3) is 12.9. The minimum Gasteiger partial charge on any atom is -0.379 e. The third-order valence-corrected chi connectivity index (χ3v) is 3.84. The minimum atomic E-state index is -3.45. The normalized spacial score (nSPS) is 18.5. The van der Waals surface area contributed by atoms with Crippen LogP contribution < -0.4 is 15.8 Å². The van der Waals surface area contributed by atoms with Crippen LogP contribution in [0.2, 0.25) is 0 Å². The number of halogens is 1. The van der Waals surface area contributed by atoms with Crippen molar-refractivity contribution in [1.82, 2.24) is 10.6 Å². The highest BCUT2D eigenvalue weighted by Crippen LogP contribution is 2.11. The van der Waals surface area contributed by atoms with E-state index in [-0.39, 0.29) is 42.4 Å². The predicted octanol–water partition coefficient (Wildman–Crippen LogP) is 0.0337. The maximum Gasteiger partial charge on any atom is 0.210 e. The Morgan fingerprint density at radius 2 is 2.22 bits per heavy atom. The first-order valence-electron chi connectivity index (χ1n) is 7.73. The number of primary sulfonamides is 1. The van der Waals surface area contributed by atoms with Crippen molar-refractivity contribution in [3.05, 3.63) is 0 Å². The van der Waals surface area contributed by atoms with Gasteiger partial charge in [0, 0.05) is 32.8 Å². The molecule has 0 spiro atoms. The van der Waals surface area contributed by atoms with Crippen molar-refractivity contribution in [2.75, 3.05) is 45.2 Å². The highest BCUT2D eigenvalue weighted by Gasteiger charge is 2.14. The van der Waals surface area contributed by atoms with Gasteiger partial charge < -0.3 is 20.1 Å². The number of nitrogens with zero attached hydrogens (tertiary/aromatic N) is 1. The first-order chi connectivity index (χ1) is 10.5. The number of sulfonamides is 1. The zero-order chi connectivity index (χ0) is 16.3. The first-order valence-corrected chi connectivity index (χ1v) is 9.45. The molecule has 0 aromatic carbocycles. The van der Waals surface area contributed by atoms with Gasteiger partial charge in [0.15, 0.2) is 5.96 Å². The molecule has 1 fully saturated rings. The predicted molar refractivity (Wildman–Crippen MR) is 102 cm³/mol. The molecule has 1 saturated heterocycles. The Morgan fingerprint density at radius 3 is 2.83 bits per heavy atom. The number of aliphatic imine (C=N–C) groups is 1. The molecule has 0 amide bonds. The summed E-state index contributed by atoms with van der Waals surface area (Å²) in [6.07, 6.45) is 3.25. The Labute approximate surface area is 156 Å². The zero-order valence-electron chi connectivity index (χ0n) is 13.6. The molecule has 4 N–H and O–H groups in total. The third-order valence-electron chi connectivity index (χ3n) is 3.07. The van der Waals surface area contributed by atoms with Gasteiger partial charge in [-0.05, 0) is 26.2 Å². The Hall–Kier alpha value is -0.170. The standard InChI is InChI=1S/C13H28N4O4S.HI/c1-2-15-13(17-7-10-22(14,18)19)16-6-4-8-20-11-12-5-3-9-21-12;/h12H,2-11H2,1H3,(H2,14,18,19)(H2,15,16,17);1H. The first kappa shape index (κ1) is 22.8. The fraction of sp³-hybridized carbons (Fsp3) is 0.923. The van der Waals surface area contributed by atoms with Crippen LogP contribution in [0.3, 0.4) is 0 Å². The van der Waals surface area contributed by atoms with Crippen molar-refractivity contribution < 1.29 is 17.9 Å². The molecule has 23 heavy (non-hydrogen) atoms. The molecule has 1 aliphatic heterocycles. The van der Waals surface area contributed by atoms with Gasteiger partial charge in [-0.1, -0.05) is 0 Å². The maximum atomic E-state index is 10.9. The second-order valence-electron chi connectivity index (χ2n) is 5.12. The molecule has 1 rings (SSSR count). The number of hydrogen-bond acceptors (Lipinski definition) is 5. The van der Waals surface area contributed by atoms with Gasteiger partial charge in [-0.3, -0.25) is 4.99 Å². The highest BCUT2D eigenvalue weighted by molar-refractivity contribution is 14.0. The lowest BCUT2D eigenvalue weighted by molar-refractivity contribution is 0.0171. The molecule has 0 saturated carbocycles. The van der Waals surface area contributed by atoms with E-state index in [4.69, 9.17) is 14.6 Å². The second-order valence-corrected chi connectivity index (χ2v) is 6.85. The quantitative estimate of drug-likeness (QED) is 0.182. The van der Waals surface area contributed by atoms with E-state index in [0.29, 0.717) is 32.3 Å². The van der Waals surface area contributed by atoms with Gasteiger partial charge in [0.1, 0.15) is 0 Å². The summed E-state index contributed by atoms with van der Waals surface area (Å²) >= 11 is 0. The van der Waals surface area contributed by atoms with Crippen LogP contribution in [0.5, 0.6) is 0 Å². The SMILES string of the molecule is CCNC(=NCCCOCC1CCCO1)NCCS(N)(=O)=O.I. The summed E-state index contributed by atoms with van der Waals surface area (Å²) in [6, 6.07) is 0. The molecule has 0 aromatic heterocycles. The summed E-state index contributed by atoms with van der Waals surface area (Å²) in [5.74, 6) is 0.465. The highest BCUT2D eigenvalue weighted by atomic mass is 127. The topological polar surface area (TPSA) is 115 Å². The lowest BCUT2D eigenvalue weighted by Crippen LogP contribution is -2.40. The molecule has 1 aliphatic rings. The molecule has 1 heterocycles. The molecule has 1 atom stereocenters. The van der Waals surface area contributed by atoms with Crippen LogP contribution in [-0.2, 0) is 19.5 Å². The molecule has 0 bridgehead atoms. The molecular formula is C13H29IN4O4S.